The monoisotopic (exact) mass is 492 g/mol. The standard InChI is InChI=1S/C22H20O13/c1-4-8-5(2-6(24)9(4)22(33)34)13(25)10-11(15(8)27)16(28)12(18(30)17(10)29)21-20(32)19(31)14(26)7(3-23)35-21/h2,7,14,19-21,23-24,26,28-32H,3H2,1H3,(H,33,34)/t7-,14-,19-,20+,21+/m1/s1. The van der Waals surface area contributed by atoms with E-state index in [0.717, 1.165) is 6.92 Å². The number of aromatic hydroxyl groups is 4. The predicted octanol–water partition coefficient (Wildman–Crippen LogP) is -1.19. The van der Waals surface area contributed by atoms with Crippen LogP contribution in [-0.4, -0.2) is 94.5 Å². The molecular weight excluding hydrogens is 472 g/mol. The summed E-state index contributed by atoms with van der Waals surface area (Å²) >= 11 is 0. The smallest absolute Gasteiger partial charge is 0.339 e. The summed E-state index contributed by atoms with van der Waals surface area (Å²) in [5, 5.41) is 91.5. The Morgan fingerprint density at radius 1 is 0.886 bits per heavy atom. The normalized spacial score (nSPS) is 25.8. The number of phenols is 4. The second kappa shape index (κ2) is 8.18. The van der Waals surface area contributed by atoms with Crippen LogP contribution in [0.2, 0.25) is 0 Å². The maximum absolute atomic E-state index is 13.4. The van der Waals surface area contributed by atoms with Crippen molar-refractivity contribution in [2.24, 2.45) is 0 Å². The van der Waals surface area contributed by atoms with Gasteiger partial charge in [0.05, 0.1) is 23.3 Å². The molecular formula is C22H20O13. The van der Waals surface area contributed by atoms with Crippen LogP contribution in [0.25, 0.3) is 0 Å². The van der Waals surface area contributed by atoms with Crippen LogP contribution in [0.15, 0.2) is 6.07 Å². The summed E-state index contributed by atoms with van der Waals surface area (Å²) in [5.41, 5.74) is -4.49. The van der Waals surface area contributed by atoms with E-state index in [2.05, 4.69) is 0 Å². The summed E-state index contributed by atoms with van der Waals surface area (Å²) < 4.78 is 5.30. The number of carboxylic acid groups (broad SMARTS) is 1. The van der Waals surface area contributed by atoms with Crippen molar-refractivity contribution in [3.8, 4) is 23.0 Å². The van der Waals surface area contributed by atoms with E-state index in [4.69, 9.17) is 4.74 Å². The zero-order chi connectivity index (χ0) is 26.1. The molecule has 2 aromatic carbocycles. The van der Waals surface area contributed by atoms with E-state index in [-0.39, 0.29) is 5.56 Å². The Hall–Kier alpha value is -3.75. The van der Waals surface area contributed by atoms with Gasteiger partial charge in [-0.25, -0.2) is 4.79 Å². The topological polar surface area (TPSA) is 243 Å². The number of carbonyl (C=O) groups excluding carboxylic acids is 2. The number of fused-ring (bicyclic) bond motifs is 2. The number of aliphatic hydroxyl groups excluding tert-OH is 4. The summed E-state index contributed by atoms with van der Waals surface area (Å²) in [4.78, 5) is 38.1. The number of ether oxygens (including phenoxy) is 1. The highest BCUT2D eigenvalue weighted by Gasteiger charge is 2.48. The Morgan fingerprint density at radius 3 is 2.06 bits per heavy atom. The highest BCUT2D eigenvalue weighted by molar-refractivity contribution is 6.31. The SMILES string of the molecule is Cc1c(C(=O)O)c(O)cc2c1C(=O)c1c(O)c([C@@H]3O[C@H](CO)[C@@H](O)[C@@H](O)[C@@H]3O)c(O)c(O)c1C2=O. The van der Waals surface area contributed by atoms with Crippen LogP contribution in [-0.2, 0) is 4.74 Å². The third-order valence-electron chi connectivity index (χ3n) is 6.33. The molecule has 1 fully saturated rings. The van der Waals surface area contributed by atoms with Gasteiger partial charge in [0.2, 0.25) is 0 Å². The minimum atomic E-state index is -2.03. The first-order valence-electron chi connectivity index (χ1n) is 10.2. The molecule has 4 rings (SSSR count). The molecule has 5 atom stereocenters. The van der Waals surface area contributed by atoms with Crippen LogP contribution >= 0.6 is 0 Å². The number of rotatable bonds is 3. The van der Waals surface area contributed by atoms with Crippen molar-refractivity contribution in [2.45, 2.75) is 37.4 Å². The summed E-state index contributed by atoms with van der Waals surface area (Å²) in [5.74, 6) is -8.24. The highest BCUT2D eigenvalue weighted by Crippen LogP contribution is 2.52. The fraction of sp³-hybridized carbons (Fsp3) is 0.318. The first-order valence-corrected chi connectivity index (χ1v) is 10.2. The number of benzene rings is 2. The van der Waals surface area contributed by atoms with Gasteiger partial charge in [-0.1, -0.05) is 0 Å². The van der Waals surface area contributed by atoms with E-state index in [1.54, 1.807) is 0 Å². The molecule has 2 aromatic rings. The molecule has 0 aromatic heterocycles. The molecule has 1 aliphatic carbocycles. The van der Waals surface area contributed by atoms with Crippen molar-refractivity contribution in [1.29, 1.82) is 0 Å². The molecule has 1 heterocycles. The molecule has 2 aliphatic rings. The number of carbonyl (C=O) groups is 3. The number of phenolic OH excluding ortho intramolecular Hbond substituents is 3. The molecule has 0 bridgehead atoms. The second-order valence-electron chi connectivity index (χ2n) is 8.24. The summed E-state index contributed by atoms with van der Waals surface area (Å²) in [6.45, 7) is 0.291. The Balaban J connectivity index is 1.99. The molecule has 1 saturated heterocycles. The summed E-state index contributed by atoms with van der Waals surface area (Å²) in [6, 6.07) is 0.716. The highest BCUT2D eigenvalue weighted by atomic mass is 16.5. The molecule has 0 spiro atoms. The van der Waals surface area contributed by atoms with Crippen LogP contribution in [0.5, 0.6) is 23.0 Å². The van der Waals surface area contributed by atoms with E-state index in [1.807, 2.05) is 0 Å². The third kappa shape index (κ3) is 3.25. The van der Waals surface area contributed by atoms with Crippen molar-refractivity contribution in [3.05, 3.63) is 45.0 Å². The quantitative estimate of drug-likeness (QED) is 0.154. The fourth-order valence-corrected chi connectivity index (χ4v) is 4.58. The van der Waals surface area contributed by atoms with Gasteiger partial charge in [0.25, 0.3) is 0 Å². The van der Waals surface area contributed by atoms with Gasteiger partial charge < -0.3 is 50.7 Å². The number of hydrogen-bond donors (Lipinski definition) is 9. The number of aliphatic hydroxyl groups is 4. The average molecular weight is 492 g/mol. The van der Waals surface area contributed by atoms with Crippen molar-refractivity contribution in [2.75, 3.05) is 6.61 Å². The zero-order valence-corrected chi connectivity index (χ0v) is 17.8. The number of ketones is 2. The van der Waals surface area contributed by atoms with Crippen molar-refractivity contribution in [1.82, 2.24) is 0 Å². The molecule has 186 valence electrons. The Kier molecular flexibility index (Phi) is 5.70. The molecule has 9 N–H and O–H groups in total. The average Bonchev–Trinajstić information content (AvgIpc) is 2.79. The Labute approximate surface area is 195 Å². The van der Waals surface area contributed by atoms with E-state index in [9.17, 15) is 60.3 Å². The van der Waals surface area contributed by atoms with Gasteiger partial charge in [-0.2, -0.15) is 0 Å². The molecule has 0 unspecified atom stereocenters. The van der Waals surface area contributed by atoms with Gasteiger partial charge in [0, 0.05) is 11.1 Å². The van der Waals surface area contributed by atoms with Gasteiger partial charge in [-0.3, -0.25) is 9.59 Å². The van der Waals surface area contributed by atoms with Crippen LogP contribution in [0.1, 0.15) is 59.4 Å². The van der Waals surface area contributed by atoms with Crippen molar-refractivity contribution in [3.63, 3.8) is 0 Å². The molecule has 13 nitrogen and oxygen atoms in total. The van der Waals surface area contributed by atoms with Crippen molar-refractivity contribution < 1.29 is 65.1 Å². The molecule has 13 heteroatoms. The number of carboxylic acids is 1. The largest absolute Gasteiger partial charge is 0.507 e. The van der Waals surface area contributed by atoms with Crippen LogP contribution in [0.3, 0.4) is 0 Å². The lowest BCUT2D eigenvalue weighted by molar-refractivity contribution is -0.232. The lowest BCUT2D eigenvalue weighted by Gasteiger charge is -2.40. The van der Waals surface area contributed by atoms with E-state index in [0.29, 0.717) is 6.07 Å². The van der Waals surface area contributed by atoms with Crippen molar-refractivity contribution >= 4 is 17.5 Å². The third-order valence-corrected chi connectivity index (χ3v) is 6.33. The molecule has 0 amide bonds. The lowest BCUT2D eigenvalue weighted by atomic mass is 9.77. The van der Waals surface area contributed by atoms with Crippen LogP contribution in [0, 0.1) is 6.92 Å². The van der Waals surface area contributed by atoms with Gasteiger partial charge in [0.15, 0.2) is 23.1 Å². The van der Waals surface area contributed by atoms with Gasteiger partial charge in [-0.05, 0) is 18.6 Å². The predicted molar refractivity (Wildman–Crippen MR) is 111 cm³/mol. The van der Waals surface area contributed by atoms with Crippen LogP contribution < -0.4 is 0 Å². The van der Waals surface area contributed by atoms with Gasteiger partial charge in [0.1, 0.15) is 47.6 Å². The summed E-state index contributed by atoms with van der Waals surface area (Å²) in [6.07, 6.45) is -9.12. The second-order valence-corrected chi connectivity index (χ2v) is 8.24. The Bertz CT molecular complexity index is 1300. The van der Waals surface area contributed by atoms with E-state index in [1.165, 1.54) is 0 Å². The maximum atomic E-state index is 13.4. The van der Waals surface area contributed by atoms with Crippen LogP contribution in [0.4, 0.5) is 0 Å². The molecule has 0 saturated carbocycles. The number of hydrogen-bond acceptors (Lipinski definition) is 12. The summed E-state index contributed by atoms with van der Waals surface area (Å²) in [7, 11) is 0. The minimum absolute atomic E-state index is 0.308. The maximum Gasteiger partial charge on any atom is 0.339 e. The number of aromatic carboxylic acids is 1. The molecule has 35 heavy (non-hydrogen) atoms. The lowest BCUT2D eigenvalue weighted by Crippen LogP contribution is -2.55. The van der Waals surface area contributed by atoms with Gasteiger partial charge in [-0.15, -0.1) is 0 Å². The van der Waals surface area contributed by atoms with E-state index >= 15 is 0 Å². The fourth-order valence-electron chi connectivity index (χ4n) is 4.58. The zero-order valence-electron chi connectivity index (χ0n) is 17.8. The first kappa shape index (κ1) is 24.4. The van der Waals surface area contributed by atoms with E-state index < -0.39 is 111 Å². The first-order chi connectivity index (χ1) is 16.3. The van der Waals surface area contributed by atoms with Gasteiger partial charge >= 0.3 is 5.97 Å². The Morgan fingerprint density at radius 2 is 1.49 bits per heavy atom. The minimum Gasteiger partial charge on any atom is -0.507 e. The molecule has 1 aliphatic heterocycles. The molecule has 0 radical (unpaired) electrons.